The van der Waals surface area contributed by atoms with E-state index in [0.717, 1.165) is 18.4 Å². The Labute approximate surface area is 190 Å². The summed E-state index contributed by atoms with van der Waals surface area (Å²) in [5.74, 6) is -0.618. The minimum absolute atomic E-state index is 0.0449. The monoisotopic (exact) mass is 459 g/mol. The molecule has 0 atom stereocenters. The molecule has 2 aromatic rings. The van der Waals surface area contributed by atoms with Crippen molar-refractivity contribution in [3.05, 3.63) is 57.1 Å². The highest BCUT2D eigenvalue weighted by atomic mass is 35.5. The molecule has 1 aromatic heterocycles. The van der Waals surface area contributed by atoms with Crippen molar-refractivity contribution in [3.8, 4) is 0 Å². The van der Waals surface area contributed by atoms with E-state index in [0.29, 0.717) is 47.9 Å². The number of nitrogens with one attached hydrogen (secondary N) is 1. The Morgan fingerprint density at radius 1 is 1.25 bits per heavy atom. The second-order valence-corrected chi connectivity index (χ2v) is 9.12. The van der Waals surface area contributed by atoms with Crippen molar-refractivity contribution in [1.82, 2.24) is 14.8 Å². The summed E-state index contributed by atoms with van der Waals surface area (Å²) in [6, 6.07) is 4.97. The molecule has 0 unspecified atom stereocenters. The van der Waals surface area contributed by atoms with Crippen molar-refractivity contribution >= 4 is 34.7 Å². The number of likely N-dealkylation sites (tertiary alicyclic amines) is 2. The number of aromatic amines is 1. The number of piperidine rings is 1. The van der Waals surface area contributed by atoms with E-state index >= 15 is 0 Å². The number of allylic oxidation sites excluding steroid dienone is 2. The van der Waals surface area contributed by atoms with E-state index in [2.05, 4.69) is 4.98 Å². The molecule has 170 valence electrons. The number of hydrogen-bond donors (Lipinski definition) is 1. The molecule has 0 radical (unpaired) electrons. The van der Waals surface area contributed by atoms with Gasteiger partial charge in [-0.2, -0.15) is 0 Å². The predicted molar refractivity (Wildman–Crippen MR) is 121 cm³/mol. The summed E-state index contributed by atoms with van der Waals surface area (Å²) in [6.45, 7) is 6.38. The van der Waals surface area contributed by atoms with Crippen molar-refractivity contribution < 1.29 is 18.7 Å². The fourth-order valence-electron chi connectivity index (χ4n) is 4.35. The van der Waals surface area contributed by atoms with Crippen LogP contribution in [-0.2, 0) is 4.74 Å². The molecule has 2 amide bonds. The van der Waals surface area contributed by atoms with Gasteiger partial charge in [-0.25, -0.2) is 9.59 Å². The number of carbonyl (C=O) groups excluding carboxylic acids is 2. The number of rotatable bonds is 4. The Kier molecular flexibility index (Phi) is 6.15. The number of benzene rings is 1. The molecule has 2 saturated heterocycles. The first-order valence-electron chi connectivity index (χ1n) is 10.6. The average Bonchev–Trinajstić information content (AvgIpc) is 3.13. The van der Waals surface area contributed by atoms with Crippen LogP contribution in [-0.4, -0.2) is 59.6 Å². The van der Waals surface area contributed by atoms with E-state index in [4.69, 9.17) is 20.8 Å². The zero-order valence-electron chi connectivity index (χ0n) is 18.2. The zero-order chi connectivity index (χ0) is 22.9. The number of aromatic nitrogens is 1. The summed E-state index contributed by atoms with van der Waals surface area (Å²) in [7, 11) is 0. The van der Waals surface area contributed by atoms with Gasteiger partial charge < -0.3 is 19.0 Å². The van der Waals surface area contributed by atoms with Gasteiger partial charge in [-0.3, -0.25) is 9.78 Å². The van der Waals surface area contributed by atoms with Crippen molar-refractivity contribution in [2.24, 2.45) is 5.41 Å². The summed E-state index contributed by atoms with van der Waals surface area (Å²) in [6.07, 6.45) is 4.98. The highest BCUT2D eigenvalue weighted by molar-refractivity contribution is 6.29. The minimum atomic E-state index is -0.537. The Hall–Kier alpha value is -3.00. The van der Waals surface area contributed by atoms with Gasteiger partial charge in [0.15, 0.2) is 5.58 Å². The second kappa shape index (κ2) is 8.86. The van der Waals surface area contributed by atoms with Gasteiger partial charge in [0, 0.05) is 42.2 Å². The van der Waals surface area contributed by atoms with Gasteiger partial charge in [-0.05, 0) is 56.5 Å². The topological polar surface area (TPSA) is 95.9 Å². The summed E-state index contributed by atoms with van der Waals surface area (Å²) < 4.78 is 10.5. The van der Waals surface area contributed by atoms with E-state index < -0.39 is 5.76 Å². The number of carbonyl (C=O) groups is 2. The van der Waals surface area contributed by atoms with Crippen LogP contribution in [0.25, 0.3) is 11.1 Å². The van der Waals surface area contributed by atoms with Crippen LogP contribution in [0.4, 0.5) is 4.79 Å². The van der Waals surface area contributed by atoms with Crippen molar-refractivity contribution in [1.29, 1.82) is 0 Å². The van der Waals surface area contributed by atoms with Crippen molar-refractivity contribution in [2.45, 2.75) is 26.7 Å². The summed E-state index contributed by atoms with van der Waals surface area (Å²) in [4.78, 5) is 42.7. The van der Waals surface area contributed by atoms with Crippen LogP contribution in [0, 0.1) is 5.41 Å². The number of amides is 2. The molecule has 32 heavy (non-hydrogen) atoms. The fourth-order valence-corrected chi connectivity index (χ4v) is 4.49. The molecule has 1 spiro atoms. The Bertz CT molecular complexity index is 1140. The van der Waals surface area contributed by atoms with E-state index in [9.17, 15) is 14.4 Å². The quantitative estimate of drug-likeness (QED) is 0.700. The molecule has 1 aromatic carbocycles. The molecular formula is C23H26ClN3O5. The van der Waals surface area contributed by atoms with Crippen LogP contribution in [0.15, 0.2) is 50.2 Å². The maximum atomic E-state index is 12.9. The normalized spacial score (nSPS) is 18.7. The standard InChI is InChI=1S/C23H26ClN3O5/c1-3-16(10-15(2)24)12-31-22(30)27-13-23(14-27)6-8-26(9-7-23)20(28)17-4-5-18-19(11-17)32-21(29)25-18/h3-5,10-11H,6-9,12-14H2,1-2H3,(H,25,29). The molecule has 0 bridgehead atoms. The van der Waals surface area contributed by atoms with E-state index in [1.54, 1.807) is 36.1 Å². The van der Waals surface area contributed by atoms with Crippen LogP contribution in [0.2, 0.25) is 0 Å². The number of nitrogens with zero attached hydrogens (tertiary/aromatic N) is 2. The van der Waals surface area contributed by atoms with Crippen LogP contribution in [0.5, 0.6) is 0 Å². The SMILES string of the molecule is CC=C(C=C(C)Cl)COC(=O)N1CC2(CCN(C(=O)c3ccc4[nH]c(=O)oc4c3)CC2)C1. The van der Waals surface area contributed by atoms with Gasteiger partial charge in [-0.15, -0.1) is 0 Å². The predicted octanol–water partition coefficient (Wildman–Crippen LogP) is 3.88. The summed E-state index contributed by atoms with van der Waals surface area (Å²) in [5, 5.41) is 0.635. The lowest BCUT2D eigenvalue weighted by atomic mass is 9.72. The number of H-pyrrole nitrogens is 1. The molecule has 3 heterocycles. The maximum absolute atomic E-state index is 12.9. The number of halogens is 1. The molecular weight excluding hydrogens is 434 g/mol. The highest BCUT2D eigenvalue weighted by Gasteiger charge is 2.47. The van der Waals surface area contributed by atoms with E-state index in [-0.39, 0.29) is 24.0 Å². The van der Waals surface area contributed by atoms with Gasteiger partial charge in [0.05, 0.1) is 5.52 Å². The van der Waals surface area contributed by atoms with Gasteiger partial charge in [0.25, 0.3) is 5.91 Å². The summed E-state index contributed by atoms with van der Waals surface area (Å²) >= 11 is 5.89. The third-order valence-corrected chi connectivity index (χ3v) is 6.32. The Balaban J connectivity index is 1.27. The number of oxazole rings is 1. The Morgan fingerprint density at radius 3 is 2.62 bits per heavy atom. The summed E-state index contributed by atoms with van der Waals surface area (Å²) in [5.41, 5.74) is 2.34. The van der Waals surface area contributed by atoms with E-state index in [1.165, 1.54) is 0 Å². The van der Waals surface area contributed by atoms with Gasteiger partial charge >= 0.3 is 11.8 Å². The third kappa shape index (κ3) is 4.60. The lowest BCUT2D eigenvalue weighted by Gasteiger charge is -2.53. The largest absolute Gasteiger partial charge is 0.445 e. The van der Waals surface area contributed by atoms with Crippen LogP contribution in [0.1, 0.15) is 37.0 Å². The molecule has 1 N–H and O–H groups in total. The first-order valence-corrected chi connectivity index (χ1v) is 11.0. The van der Waals surface area contributed by atoms with Crippen LogP contribution < -0.4 is 5.76 Å². The van der Waals surface area contributed by atoms with Gasteiger partial charge in [0.1, 0.15) is 6.61 Å². The molecule has 0 aliphatic carbocycles. The molecule has 9 heteroatoms. The average molecular weight is 460 g/mol. The van der Waals surface area contributed by atoms with Crippen molar-refractivity contribution in [3.63, 3.8) is 0 Å². The fraction of sp³-hybridized carbons (Fsp3) is 0.435. The van der Waals surface area contributed by atoms with Crippen LogP contribution >= 0.6 is 11.6 Å². The first kappa shape index (κ1) is 22.2. The van der Waals surface area contributed by atoms with Crippen molar-refractivity contribution in [2.75, 3.05) is 32.8 Å². The Morgan fingerprint density at radius 2 is 1.97 bits per heavy atom. The molecule has 4 rings (SSSR count). The maximum Gasteiger partial charge on any atom is 0.417 e. The zero-order valence-corrected chi connectivity index (χ0v) is 18.9. The number of ether oxygens (including phenoxy) is 1. The lowest BCUT2D eigenvalue weighted by molar-refractivity contribution is -0.0362. The number of hydrogen-bond acceptors (Lipinski definition) is 5. The number of fused-ring (bicyclic) bond motifs is 1. The second-order valence-electron chi connectivity index (χ2n) is 8.52. The van der Waals surface area contributed by atoms with E-state index in [1.807, 2.05) is 17.9 Å². The van der Waals surface area contributed by atoms with Crippen LogP contribution in [0.3, 0.4) is 0 Å². The smallest absolute Gasteiger partial charge is 0.417 e. The lowest BCUT2D eigenvalue weighted by Crippen LogP contribution is -2.62. The van der Waals surface area contributed by atoms with Gasteiger partial charge in [-0.1, -0.05) is 17.7 Å². The molecule has 2 fully saturated rings. The molecule has 8 nitrogen and oxygen atoms in total. The molecule has 0 saturated carbocycles. The minimum Gasteiger partial charge on any atom is -0.445 e. The third-order valence-electron chi connectivity index (χ3n) is 6.21. The molecule has 2 aliphatic rings. The van der Waals surface area contributed by atoms with Gasteiger partial charge in [0.2, 0.25) is 0 Å². The molecule has 2 aliphatic heterocycles. The first-order chi connectivity index (χ1) is 15.3. The highest BCUT2D eigenvalue weighted by Crippen LogP contribution is 2.41.